The quantitative estimate of drug-likeness (QED) is 0.231. The number of benzene rings is 1. The molecule has 0 fully saturated rings. The van der Waals surface area contributed by atoms with E-state index in [0.29, 0.717) is 11.8 Å². The molecule has 1 heterocycles. The molecule has 0 aliphatic carbocycles. The van der Waals surface area contributed by atoms with E-state index in [9.17, 15) is 9.59 Å². The lowest BCUT2D eigenvalue weighted by molar-refractivity contribution is 0.0949. The number of amides is 1. The molecule has 1 aromatic carbocycles. The summed E-state index contributed by atoms with van der Waals surface area (Å²) in [6, 6.07) is 8.55. The minimum absolute atomic E-state index is 0.0195. The van der Waals surface area contributed by atoms with Crippen LogP contribution in [0.15, 0.2) is 45.4 Å². The highest BCUT2D eigenvalue weighted by Crippen LogP contribution is 2.12. The van der Waals surface area contributed by atoms with Crippen molar-refractivity contribution in [3.63, 3.8) is 0 Å². The summed E-state index contributed by atoms with van der Waals surface area (Å²) in [7, 11) is 0. The molecule has 0 radical (unpaired) electrons. The van der Waals surface area contributed by atoms with Gasteiger partial charge in [0.2, 0.25) is 0 Å². The first-order chi connectivity index (χ1) is 12.6. The highest BCUT2D eigenvalue weighted by molar-refractivity contribution is 7.98. The average Bonchev–Trinajstić information content (AvgIpc) is 2.65. The van der Waals surface area contributed by atoms with Crippen molar-refractivity contribution < 1.29 is 9.53 Å². The fourth-order valence-electron chi connectivity index (χ4n) is 2.06. The summed E-state index contributed by atoms with van der Waals surface area (Å²) in [4.78, 5) is 30.0. The molecule has 0 saturated heterocycles. The van der Waals surface area contributed by atoms with Crippen LogP contribution in [0.2, 0.25) is 0 Å². The minimum atomic E-state index is -0.543. The molecule has 0 unspecified atom stereocenters. The van der Waals surface area contributed by atoms with Gasteiger partial charge in [0.15, 0.2) is 5.16 Å². The molecule has 1 amide bonds. The summed E-state index contributed by atoms with van der Waals surface area (Å²) in [5.41, 5.74) is 2.82. The van der Waals surface area contributed by atoms with Gasteiger partial charge in [-0.05, 0) is 42.5 Å². The van der Waals surface area contributed by atoms with Gasteiger partial charge in [-0.1, -0.05) is 31.5 Å². The number of aromatic nitrogens is 2. The molecule has 2 aromatic rings. The first-order valence-corrected chi connectivity index (χ1v) is 9.56. The van der Waals surface area contributed by atoms with Crippen LogP contribution < -0.4 is 15.7 Å². The summed E-state index contributed by atoms with van der Waals surface area (Å²) in [6.45, 7) is 2.86. The van der Waals surface area contributed by atoms with E-state index < -0.39 is 5.91 Å². The van der Waals surface area contributed by atoms with Gasteiger partial charge in [0.1, 0.15) is 11.4 Å². The van der Waals surface area contributed by atoms with E-state index in [1.54, 1.807) is 6.26 Å². The number of unbranched alkanes of at least 4 members (excludes halogenated alkanes) is 2. The second-order valence-corrected chi connectivity index (χ2v) is 6.26. The van der Waals surface area contributed by atoms with Crippen molar-refractivity contribution in [3.8, 4) is 5.75 Å². The zero-order chi connectivity index (χ0) is 18.8. The number of carbonyl (C=O) groups is 1. The van der Waals surface area contributed by atoms with E-state index in [2.05, 4.69) is 27.4 Å². The number of hydrazone groups is 1. The van der Waals surface area contributed by atoms with Crippen molar-refractivity contribution >= 4 is 23.9 Å². The normalized spacial score (nSPS) is 10.8. The largest absolute Gasteiger partial charge is 0.494 e. The van der Waals surface area contributed by atoms with Gasteiger partial charge >= 0.3 is 0 Å². The van der Waals surface area contributed by atoms with E-state index in [1.807, 2.05) is 24.3 Å². The van der Waals surface area contributed by atoms with Gasteiger partial charge in [-0.25, -0.2) is 10.4 Å². The molecule has 0 spiro atoms. The Balaban J connectivity index is 1.88. The molecule has 138 valence electrons. The van der Waals surface area contributed by atoms with E-state index in [-0.39, 0.29) is 11.3 Å². The van der Waals surface area contributed by atoms with Crippen LogP contribution in [0.4, 0.5) is 0 Å². The molecule has 1 aromatic heterocycles. The number of ether oxygens (including phenoxy) is 1. The third-order valence-electron chi connectivity index (χ3n) is 3.42. The first-order valence-electron chi connectivity index (χ1n) is 8.34. The van der Waals surface area contributed by atoms with E-state index >= 15 is 0 Å². The van der Waals surface area contributed by atoms with Gasteiger partial charge in [0.25, 0.3) is 11.5 Å². The summed E-state index contributed by atoms with van der Waals surface area (Å²) in [5, 5.41) is 4.27. The number of nitrogens with one attached hydrogen (secondary N) is 2. The maximum atomic E-state index is 12.0. The van der Waals surface area contributed by atoms with Crippen molar-refractivity contribution in [2.24, 2.45) is 5.10 Å². The molecular weight excluding hydrogens is 352 g/mol. The fraction of sp³-hybridized carbons (Fsp3) is 0.333. The van der Waals surface area contributed by atoms with Gasteiger partial charge in [0.05, 0.1) is 12.8 Å². The van der Waals surface area contributed by atoms with Crippen molar-refractivity contribution in [2.75, 3.05) is 12.9 Å². The number of hydrogen-bond acceptors (Lipinski definition) is 6. The van der Waals surface area contributed by atoms with E-state index in [1.165, 1.54) is 18.0 Å². The molecular formula is C18H22N4O3S. The minimum Gasteiger partial charge on any atom is -0.494 e. The number of aromatic amines is 1. The maximum absolute atomic E-state index is 12.0. The Hall–Kier alpha value is -2.61. The molecule has 26 heavy (non-hydrogen) atoms. The van der Waals surface area contributed by atoms with Crippen molar-refractivity contribution in [1.82, 2.24) is 15.4 Å². The third kappa shape index (κ3) is 6.36. The number of thioether (sulfide) groups is 1. The lowest BCUT2D eigenvalue weighted by Gasteiger charge is -2.05. The highest BCUT2D eigenvalue weighted by Gasteiger charge is 2.08. The van der Waals surface area contributed by atoms with Crippen LogP contribution in [0.1, 0.15) is 42.2 Å². The van der Waals surface area contributed by atoms with Gasteiger partial charge in [-0.15, -0.1) is 0 Å². The van der Waals surface area contributed by atoms with E-state index in [4.69, 9.17) is 4.74 Å². The number of carbonyl (C=O) groups excluding carboxylic acids is 1. The van der Waals surface area contributed by atoms with Crippen LogP contribution in [0.3, 0.4) is 0 Å². The van der Waals surface area contributed by atoms with Crippen LogP contribution in [-0.4, -0.2) is 35.0 Å². The Labute approximate surface area is 156 Å². The molecule has 2 rings (SSSR count). The maximum Gasteiger partial charge on any atom is 0.290 e. The van der Waals surface area contributed by atoms with Crippen molar-refractivity contribution in [2.45, 2.75) is 31.3 Å². The van der Waals surface area contributed by atoms with E-state index in [0.717, 1.165) is 36.6 Å². The monoisotopic (exact) mass is 374 g/mol. The fourth-order valence-corrected chi connectivity index (χ4v) is 2.46. The molecule has 0 bridgehead atoms. The number of hydrogen-bond donors (Lipinski definition) is 2. The predicted octanol–water partition coefficient (Wildman–Crippen LogP) is 2.82. The van der Waals surface area contributed by atoms with Crippen molar-refractivity contribution in [3.05, 3.63) is 51.9 Å². The van der Waals surface area contributed by atoms with Gasteiger partial charge in [0, 0.05) is 6.07 Å². The number of nitrogens with zero attached hydrogens (tertiary/aromatic N) is 2. The van der Waals surface area contributed by atoms with Crippen LogP contribution in [0.5, 0.6) is 5.75 Å². The summed E-state index contributed by atoms with van der Waals surface area (Å²) in [6.07, 6.45) is 6.64. The predicted molar refractivity (Wildman–Crippen MR) is 103 cm³/mol. The van der Waals surface area contributed by atoms with Gasteiger partial charge < -0.3 is 9.72 Å². The Bertz CT molecular complexity index is 803. The van der Waals surface area contributed by atoms with Gasteiger partial charge in [-0.2, -0.15) is 5.10 Å². The molecule has 0 aliphatic heterocycles. The zero-order valence-electron chi connectivity index (χ0n) is 14.8. The Morgan fingerprint density at radius 1 is 1.35 bits per heavy atom. The second kappa shape index (κ2) is 10.4. The summed E-state index contributed by atoms with van der Waals surface area (Å²) in [5.74, 6) is 0.262. The molecule has 0 atom stereocenters. The molecule has 7 nitrogen and oxygen atoms in total. The summed E-state index contributed by atoms with van der Waals surface area (Å²) < 4.78 is 5.64. The lowest BCUT2D eigenvalue weighted by Crippen LogP contribution is -2.22. The molecule has 8 heteroatoms. The molecule has 0 aliphatic rings. The Morgan fingerprint density at radius 3 is 2.81 bits per heavy atom. The van der Waals surface area contributed by atoms with Crippen LogP contribution in [0.25, 0.3) is 0 Å². The average molecular weight is 374 g/mol. The summed E-state index contributed by atoms with van der Waals surface area (Å²) >= 11 is 1.25. The Morgan fingerprint density at radius 2 is 2.12 bits per heavy atom. The molecule has 2 N–H and O–H groups in total. The van der Waals surface area contributed by atoms with Crippen LogP contribution in [0, 0.1) is 0 Å². The topological polar surface area (TPSA) is 96.4 Å². The highest BCUT2D eigenvalue weighted by atomic mass is 32.2. The number of rotatable bonds is 9. The zero-order valence-corrected chi connectivity index (χ0v) is 15.6. The standard InChI is InChI=1S/C18H22N4O3S/c1-3-4-5-10-25-14-8-6-13(7-9-14)12-19-22-17(24)15-11-16(23)21-18(20-15)26-2/h6-9,11-12H,3-5,10H2,1-2H3,(H,22,24)(H,20,21,23). The smallest absolute Gasteiger partial charge is 0.290 e. The number of H-pyrrole nitrogens is 1. The SMILES string of the molecule is CCCCCOc1ccc(C=NNC(=O)c2cc(=O)[nH]c(SC)n2)cc1. The van der Waals surface area contributed by atoms with Crippen LogP contribution in [-0.2, 0) is 0 Å². The van der Waals surface area contributed by atoms with Crippen molar-refractivity contribution in [1.29, 1.82) is 0 Å². The Kier molecular flexibility index (Phi) is 7.88. The molecule has 0 saturated carbocycles. The first kappa shape index (κ1) is 19.7. The third-order valence-corrected chi connectivity index (χ3v) is 4.00. The second-order valence-electron chi connectivity index (χ2n) is 5.46. The van der Waals surface area contributed by atoms with Crippen LogP contribution >= 0.6 is 11.8 Å². The van der Waals surface area contributed by atoms with Gasteiger partial charge in [-0.3, -0.25) is 9.59 Å². The lowest BCUT2D eigenvalue weighted by atomic mass is 10.2.